The molecule has 9 heteroatoms. The molecule has 0 unspecified atom stereocenters. The van der Waals surface area contributed by atoms with Crippen LogP contribution in [0.25, 0.3) is 21.7 Å². The van der Waals surface area contributed by atoms with Gasteiger partial charge in [-0.1, -0.05) is 13.8 Å². The fourth-order valence-electron chi connectivity index (χ4n) is 3.24. The summed E-state index contributed by atoms with van der Waals surface area (Å²) in [5.74, 6) is 1.03. The highest BCUT2D eigenvalue weighted by atomic mass is 32.1. The highest BCUT2D eigenvalue weighted by molar-refractivity contribution is 7.13. The number of imidazole rings is 1. The van der Waals surface area contributed by atoms with Gasteiger partial charge in [-0.2, -0.15) is 4.98 Å². The van der Waals surface area contributed by atoms with Gasteiger partial charge in [0.05, 0.1) is 0 Å². The molecule has 0 saturated carbocycles. The van der Waals surface area contributed by atoms with Crippen LogP contribution in [0.3, 0.4) is 0 Å². The first-order valence-electron chi connectivity index (χ1n) is 9.71. The average molecular weight is 426 g/mol. The SMILES string of the molecule is CC(C)CCn1c(Oc2ccc(-c3nccs3)cc2)nc2c1c(=O)n(C)c(=O)n2C. The zero-order valence-corrected chi connectivity index (χ0v) is 18.1. The van der Waals surface area contributed by atoms with Gasteiger partial charge in [-0.3, -0.25) is 18.5 Å². The van der Waals surface area contributed by atoms with E-state index in [4.69, 9.17) is 4.74 Å². The van der Waals surface area contributed by atoms with Crippen molar-refractivity contribution in [3.8, 4) is 22.3 Å². The summed E-state index contributed by atoms with van der Waals surface area (Å²) in [4.78, 5) is 34.0. The Morgan fingerprint density at radius 2 is 1.83 bits per heavy atom. The van der Waals surface area contributed by atoms with Gasteiger partial charge < -0.3 is 4.74 Å². The van der Waals surface area contributed by atoms with Gasteiger partial charge in [-0.25, -0.2) is 9.78 Å². The molecular weight excluding hydrogens is 402 g/mol. The van der Waals surface area contributed by atoms with Crippen molar-refractivity contribution >= 4 is 22.5 Å². The summed E-state index contributed by atoms with van der Waals surface area (Å²) in [5.41, 5.74) is 0.900. The quantitative estimate of drug-likeness (QED) is 0.473. The first kappa shape index (κ1) is 20.1. The van der Waals surface area contributed by atoms with E-state index in [0.717, 1.165) is 21.6 Å². The Hall–Kier alpha value is -3.20. The number of rotatable bonds is 6. The summed E-state index contributed by atoms with van der Waals surface area (Å²) in [7, 11) is 3.08. The van der Waals surface area contributed by atoms with Gasteiger partial charge in [-0.05, 0) is 36.6 Å². The number of ether oxygens (including phenoxy) is 1. The Morgan fingerprint density at radius 1 is 1.10 bits per heavy atom. The molecule has 0 atom stereocenters. The van der Waals surface area contributed by atoms with E-state index in [0.29, 0.717) is 35.4 Å². The Kier molecular flexibility index (Phi) is 5.29. The van der Waals surface area contributed by atoms with Crippen molar-refractivity contribution < 1.29 is 4.74 Å². The number of hydrogen-bond donors (Lipinski definition) is 0. The van der Waals surface area contributed by atoms with Gasteiger partial charge in [0.25, 0.3) is 5.56 Å². The molecular formula is C21H23N5O3S. The molecule has 0 aliphatic heterocycles. The van der Waals surface area contributed by atoms with E-state index in [-0.39, 0.29) is 5.56 Å². The molecule has 0 radical (unpaired) electrons. The zero-order chi connectivity index (χ0) is 21.4. The van der Waals surface area contributed by atoms with Crippen LogP contribution in [0.15, 0.2) is 45.4 Å². The number of fused-ring (bicyclic) bond motifs is 1. The topological polar surface area (TPSA) is 83.9 Å². The van der Waals surface area contributed by atoms with E-state index in [9.17, 15) is 9.59 Å². The fraction of sp³-hybridized carbons (Fsp3) is 0.333. The summed E-state index contributed by atoms with van der Waals surface area (Å²) in [6.45, 7) is 4.80. The first-order chi connectivity index (χ1) is 14.4. The van der Waals surface area contributed by atoms with E-state index in [1.807, 2.05) is 29.6 Å². The van der Waals surface area contributed by atoms with Crippen LogP contribution in [0.4, 0.5) is 0 Å². The molecule has 4 aromatic rings. The first-order valence-corrected chi connectivity index (χ1v) is 10.6. The predicted octanol–water partition coefficient (Wildman–Crippen LogP) is 3.40. The maximum absolute atomic E-state index is 12.8. The predicted molar refractivity (Wildman–Crippen MR) is 117 cm³/mol. The van der Waals surface area contributed by atoms with Crippen LogP contribution in [-0.4, -0.2) is 23.7 Å². The minimum atomic E-state index is -0.416. The molecule has 8 nitrogen and oxygen atoms in total. The van der Waals surface area contributed by atoms with Gasteiger partial charge in [-0.15, -0.1) is 11.3 Å². The summed E-state index contributed by atoms with van der Waals surface area (Å²) in [6, 6.07) is 7.86. The molecule has 0 aliphatic carbocycles. The Bertz CT molecular complexity index is 1300. The van der Waals surface area contributed by atoms with Crippen LogP contribution in [0.2, 0.25) is 0 Å². The number of hydrogen-bond acceptors (Lipinski definition) is 6. The van der Waals surface area contributed by atoms with Crippen molar-refractivity contribution in [3.05, 3.63) is 56.7 Å². The van der Waals surface area contributed by atoms with Gasteiger partial charge in [0.15, 0.2) is 11.2 Å². The lowest BCUT2D eigenvalue weighted by atomic mass is 10.1. The summed E-state index contributed by atoms with van der Waals surface area (Å²) >= 11 is 1.57. The largest absolute Gasteiger partial charge is 0.425 e. The van der Waals surface area contributed by atoms with E-state index < -0.39 is 5.69 Å². The van der Waals surface area contributed by atoms with Gasteiger partial charge in [0.2, 0.25) is 0 Å². The maximum Gasteiger partial charge on any atom is 0.332 e. The smallest absolute Gasteiger partial charge is 0.332 e. The third kappa shape index (κ3) is 3.56. The molecule has 30 heavy (non-hydrogen) atoms. The zero-order valence-electron chi connectivity index (χ0n) is 17.3. The standard InChI is InChI=1S/C21H23N5O3S/c1-13(2)9-11-26-16-17(24(3)21(28)25(4)19(16)27)23-20(26)29-15-7-5-14(6-8-15)18-22-10-12-30-18/h5-8,10,12-13H,9,11H2,1-4H3. The molecule has 156 valence electrons. The highest BCUT2D eigenvalue weighted by Gasteiger charge is 2.20. The van der Waals surface area contributed by atoms with Crippen LogP contribution in [0.1, 0.15) is 20.3 Å². The molecule has 0 spiro atoms. The van der Waals surface area contributed by atoms with Crippen LogP contribution in [-0.2, 0) is 20.6 Å². The summed E-state index contributed by atoms with van der Waals surface area (Å²) < 4.78 is 10.3. The number of aryl methyl sites for hydroxylation is 2. The number of aromatic nitrogens is 5. The monoisotopic (exact) mass is 425 g/mol. The van der Waals surface area contributed by atoms with Gasteiger partial charge in [0, 0.05) is 37.8 Å². The Balaban J connectivity index is 1.78. The normalized spacial score (nSPS) is 11.5. The highest BCUT2D eigenvalue weighted by Crippen LogP contribution is 2.28. The van der Waals surface area contributed by atoms with Crippen LogP contribution >= 0.6 is 11.3 Å². The van der Waals surface area contributed by atoms with Gasteiger partial charge in [0.1, 0.15) is 10.8 Å². The molecule has 0 N–H and O–H groups in total. The minimum absolute atomic E-state index is 0.297. The summed E-state index contributed by atoms with van der Waals surface area (Å²) in [6.07, 6.45) is 2.61. The third-order valence-corrected chi connectivity index (χ3v) is 5.81. The molecule has 3 heterocycles. The van der Waals surface area contributed by atoms with E-state index in [1.54, 1.807) is 29.1 Å². The third-order valence-electron chi connectivity index (χ3n) is 4.99. The fourth-order valence-corrected chi connectivity index (χ4v) is 3.88. The molecule has 0 saturated heterocycles. The molecule has 3 aromatic heterocycles. The summed E-state index contributed by atoms with van der Waals surface area (Å²) in [5, 5.41) is 2.87. The lowest BCUT2D eigenvalue weighted by Gasteiger charge is -2.11. The Morgan fingerprint density at radius 3 is 2.47 bits per heavy atom. The number of benzene rings is 1. The van der Waals surface area contributed by atoms with Crippen molar-refractivity contribution in [1.82, 2.24) is 23.7 Å². The van der Waals surface area contributed by atoms with Crippen LogP contribution < -0.4 is 16.0 Å². The van der Waals surface area contributed by atoms with Crippen molar-refractivity contribution in [2.24, 2.45) is 20.0 Å². The van der Waals surface area contributed by atoms with Crippen molar-refractivity contribution in [2.45, 2.75) is 26.8 Å². The molecule has 4 rings (SSSR count). The second kappa shape index (κ2) is 7.91. The van der Waals surface area contributed by atoms with Gasteiger partial charge >= 0.3 is 11.7 Å². The van der Waals surface area contributed by atoms with Crippen LogP contribution in [0, 0.1) is 5.92 Å². The van der Waals surface area contributed by atoms with E-state index in [1.165, 1.54) is 11.6 Å². The number of thiazole rings is 1. The second-order valence-electron chi connectivity index (χ2n) is 7.57. The molecule has 0 aliphatic rings. The van der Waals surface area contributed by atoms with E-state index >= 15 is 0 Å². The van der Waals surface area contributed by atoms with E-state index in [2.05, 4.69) is 23.8 Å². The molecule has 0 bridgehead atoms. The second-order valence-corrected chi connectivity index (χ2v) is 8.46. The van der Waals surface area contributed by atoms with Crippen molar-refractivity contribution in [1.29, 1.82) is 0 Å². The van der Waals surface area contributed by atoms with Crippen LogP contribution in [0.5, 0.6) is 11.8 Å². The molecule has 1 aromatic carbocycles. The molecule has 0 fully saturated rings. The van der Waals surface area contributed by atoms with Crippen molar-refractivity contribution in [3.63, 3.8) is 0 Å². The Labute approximate surface area is 177 Å². The van der Waals surface area contributed by atoms with Crippen molar-refractivity contribution in [2.75, 3.05) is 0 Å². The lowest BCUT2D eigenvalue weighted by molar-refractivity contribution is 0.401. The molecule has 0 amide bonds. The number of nitrogens with zero attached hydrogens (tertiary/aromatic N) is 5. The minimum Gasteiger partial charge on any atom is -0.425 e. The average Bonchev–Trinajstić information content (AvgIpc) is 3.38. The maximum atomic E-state index is 12.8. The lowest BCUT2D eigenvalue weighted by Crippen LogP contribution is -2.37.